The predicted molar refractivity (Wildman–Crippen MR) is 80.0 cm³/mol. The van der Waals surface area contributed by atoms with Crippen molar-refractivity contribution in [3.05, 3.63) is 22.4 Å². The van der Waals surface area contributed by atoms with Gasteiger partial charge in [-0.1, -0.05) is 20.3 Å². The van der Waals surface area contributed by atoms with E-state index in [1.165, 1.54) is 5.56 Å². The van der Waals surface area contributed by atoms with Gasteiger partial charge in [-0.25, -0.2) is 9.59 Å². The first-order valence-electron chi connectivity index (χ1n) is 6.75. The van der Waals surface area contributed by atoms with E-state index in [1.54, 1.807) is 11.3 Å². The summed E-state index contributed by atoms with van der Waals surface area (Å²) in [5.74, 6) is -1.11. The van der Waals surface area contributed by atoms with Crippen LogP contribution in [0.25, 0.3) is 0 Å². The van der Waals surface area contributed by atoms with E-state index in [1.807, 2.05) is 37.6 Å². The highest BCUT2D eigenvalue weighted by Crippen LogP contribution is 2.09. The molecule has 112 valence electrons. The number of carboxylic acid groups (broad SMARTS) is 1. The molecule has 0 fully saturated rings. The maximum Gasteiger partial charge on any atom is 0.326 e. The largest absolute Gasteiger partial charge is 0.480 e. The Morgan fingerprint density at radius 1 is 1.35 bits per heavy atom. The standard InChI is InChI=1S/C14H22N2O3S/c1-4-9(2)12(13(17)18)16-14(19)15-10(3)7-11-5-6-20-8-11/h5-6,8-10,12H,4,7H2,1-3H3,(H,17,18)(H2,15,16,19)/t9?,10?,12-/m0/s1. The number of carboxylic acids is 1. The van der Waals surface area contributed by atoms with Crippen LogP contribution in [0.4, 0.5) is 4.79 Å². The van der Waals surface area contributed by atoms with Crippen LogP contribution in [-0.2, 0) is 11.2 Å². The van der Waals surface area contributed by atoms with Crippen molar-refractivity contribution >= 4 is 23.3 Å². The lowest BCUT2D eigenvalue weighted by atomic mass is 9.99. The molecule has 3 N–H and O–H groups in total. The first-order chi connectivity index (χ1) is 9.43. The molecule has 1 heterocycles. The van der Waals surface area contributed by atoms with Crippen LogP contribution in [0.5, 0.6) is 0 Å². The highest BCUT2D eigenvalue weighted by atomic mass is 32.1. The normalized spacial score (nSPS) is 15.2. The highest BCUT2D eigenvalue weighted by Gasteiger charge is 2.25. The van der Waals surface area contributed by atoms with Crippen molar-refractivity contribution in [2.75, 3.05) is 0 Å². The third-order valence-electron chi connectivity index (χ3n) is 3.27. The number of nitrogens with one attached hydrogen (secondary N) is 2. The first kappa shape index (κ1) is 16.5. The van der Waals surface area contributed by atoms with Crippen molar-refractivity contribution < 1.29 is 14.7 Å². The maximum absolute atomic E-state index is 11.8. The van der Waals surface area contributed by atoms with Crippen LogP contribution in [0, 0.1) is 5.92 Å². The lowest BCUT2D eigenvalue weighted by molar-refractivity contribution is -0.140. The fraction of sp³-hybridized carbons (Fsp3) is 0.571. The Labute approximate surface area is 123 Å². The number of amides is 2. The lowest BCUT2D eigenvalue weighted by Crippen LogP contribution is -2.51. The molecule has 0 saturated carbocycles. The molecule has 0 radical (unpaired) electrons. The molecule has 0 aromatic carbocycles. The molecule has 3 atom stereocenters. The summed E-state index contributed by atoms with van der Waals surface area (Å²) in [6.45, 7) is 5.61. The zero-order chi connectivity index (χ0) is 15.1. The Kier molecular flexibility index (Phi) is 6.51. The summed E-state index contributed by atoms with van der Waals surface area (Å²) in [6.07, 6.45) is 1.43. The van der Waals surface area contributed by atoms with Gasteiger partial charge in [-0.3, -0.25) is 0 Å². The minimum absolute atomic E-state index is 0.0454. The van der Waals surface area contributed by atoms with Gasteiger partial charge in [0.2, 0.25) is 0 Å². The van der Waals surface area contributed by atoms with E-state index in [0.717, 1.165) is 6.42 Å². The fourth-order valence-corrected chi connectivity index (χ4v) is 2.58. The van der Waals surface area contributed by atoms with Crippen molar-refractivity contribution in [3.63, 3.8) is 0 Å². The summed E-state index contributed by atoms with van der Waals surface area (Å²) in [7, 11) is 0. The molecule has 6 heteroatoms. The van der Waals surface area contributed by atoms with Gasteiger partial charge in [0.1, 0.15) is 6.04 Å². The molecular formula is C14H22N2O3S. The summed E-state index contributed by atoms with van der Waals surface area (Å²) in [6, 6.07) is 0.685. The molecular weight excluding hydrogens is 276 g/mol. The molecule has 1 aromatic heterocycles. The third kappa shape index (κ3) is 5.21. The quantitative estimate of drug-likeness (QED) is 0.723. The van der Waals surface area contributed by atoms with Gasteiger partial charge in [0.15, 0.2) is 0 Å². The Morgan fingerprint density at radius 3 is 2.55 bits per heavy atom. The second-order valence-electron chi connectivity index (χ2n) is 5.06. The van der Waals surface area contributed by atoms with E-state index in [-0.39, 0.29) is 12.0 Å². The maximum atomic E-state index is 11.8. The van der Waals surface area contributed by atoms with Crippen molar-refractivity contribution in [1.29, 1.82) is 0 Å². The number of carbonyl (C=O) groups is 2. The number of hydrogen-bond donors (Lipinski definition) is 3. The summed E-state index contributed by atoms with van der Waals surface area (Å²) < 4.78 is 0. The summed E-state index contributed by atoms with van der Waals surface area (Å²) in [4.78, 5) is 23.0. The molecule has 1 rings (SSSR count). The molecule has 5 nitrogen and oxygen atoms in total. The van der Waals surface area contributed by atoms with Gasteiger partial charge in [0.05, 0.1) is 0 Å². The monoisotopic (exact) mass is 298 g/mol. The summed E-state index contributed by atoms with van der Waals surface area (Å²) in [5, 5.41) is 18.5. The van der Waals surface area contributed by atoms with E-state index in [2.05, 4.69) is 10.6 Å². The van der Waals surface area contributed by atoms with Crippen LogP contribution in [0.15, 0.2) is 16.8 Å². The van der Waals surface area contributed by atoms with Crippen LogP contribution in [0.1, 0.15) is 32.8 Å². The van der Waals surface area contributed by atoms with Crippen molar-refractivity contribution in [3.8, 4) is 0 Å². The second-order valence-corrected chi connectivity index (χ2v) is 5.84. The molecule has 0 saturated heterocycles. The Bertz CT molecular complexity index is 434. The zero-order valence-electron chi connectivity index (χ0n) is 12.1. The molecule has 0 spiro atoms. The summed E-state index contributed by atoms with van der Waals surface area (Å²) in [5.41, 5.74) is 1.17. The van der Waals surface area contributed by atoms with Crippen LogP contribution in [-0.4, -0.2) is 29.2 Å². The van der Waals surface area contributed by atoms with Crippen molar-refractivity contribution in [2.45, 2.75) is 45.7 Å². The van der Waals surface area contributed by atoms with Gasteiger partial charge < -0.3 is 15.7 Å². The zero-order valence-corrected chi connectivity index (χ0v) is 12.9. The van der Waals surface area contributed by atoms with Gasteiger partial charge in [0, 0.05) is 6.04 Å². The first-order valence-corrected chi connectivity index (χ1v) is 7.69. The van der Waals surface area contributed by atoms with Crippen LogP contribution >= 0.6 is 11.3 Å². The SMILES string of the molecule is CCC(C)[C@H](NC(=O)NC(C)Cc1ccsc1)C(=O)O. The minimum atomic E-state index is -1.00. The molecule has 0 aliphatic heterocycles. The second kappa shape index (κ2) is 7.89. The Morgan fingerprint density at radius 2 is 2.05 bits per heavy atom. The molecule has 20 heavy (non-hydrogen) atoms. The average Bonchev–Trinajstić information content (AvgIpc) is 2.87. The van der Waals surface area contributed by atoms with Crippen LogP contribution in [0.3, 0.4) is 0 Å². The summed E-state index contributed by atoms with van der Waals surface area (Å²) >= 11 is 1.62. The Balaban J connectivity index is 2.46. The smallest absolute Gasteiger partial charge is 0.326 e. The number of urea groups is 1. The number of rotatable bonds is 7. The van der Waals surface area contributed by atoms with Gasteiger partial charge in [-0.05, 0) is 41.7 Å². The van der Waals surface area contributed by atoms with E-state index in [9.17, 15) is 9.59 Å². The van der Waals surface area contributed by atoms with E-state index in [0.29, 0.717) is 6.42 Å². The number of hydrogen-bond acceptors (Lipinski definition) is 3. The van der Waals surface area contributed by atoms with E-state index >= 15 is 0 Å². The molecule has 2 unspecified atom stereocenters. The molecule has 0 bridgehead atoms. The van der Waals surface area contributed by atoms with E-state index in [4.69, 9.17) is 5.11 Å². The molecule has 0 aliphatic carbocycles. The van der Waals surface area contributed by atoms with Crippen molar-refractivity contribution in [2.24, 2.45) is 5.92 Å². The number of thiophene rings is 1. The fourth-order valence-electron chi connectivity index (χ4n) is 1.90. The Hall–Kier alpha value is -1.56. The van der Waals surface area contributed by atoms with E-state index < -0.39 is 18.0 Å². The topological polar surface area (TPSA) is 78.4 Å². The number of aliphatic carboxylic acids is 1. The van der Waals surface area contributed by atoms with Crippen LogP contribution in [0.2, 0.25) is 0 Å². The van der Waals surface area contributed by atoms with Crippen LogP contribution < -0.4 is 10.6 Å². The third-order valence-corrected chi connectivity index (χ3v) is 4.00. The van der Waals surface area contributed by atoms with Gasteiger partial charge >= 0.3 is 12.0 Å². The van der Waals surface area contributed by atoms with Gasteiger partial charge in [-0.2, -0.15) is 11.3 Å². The van der Waals surface area contributed by atoms with Crippen molar-refractivity contribution in [1.82, 2.24) is 10.6 Å². The molecule has 2 amide bonds. The molecule has 0 aliphatic rings. The average molecular weight is 298 g/mol. The minimum Gasteiger partial charge on any atom is -0.480 e. The molecule has 1 aromatic rings. The highest BCUT2D eigenvalue weighted by molar-refractivity contribution is 7.07. The van der Waals surface area contributed by atoms with Gasteiger partial charge in [-0.15, -0.1) is 0 Å². The van der Waals surface area contributed by atoms with Gasteiger partial charge in [0.25, 0.3) is 0 Å². The number of carbonyl (C=O) groups excluding carboxylic acids is 1. The predicted octanol–water partition coefficient (Wildman–Crippen LogP) is 2.48. The lowest BCUT2D eigenvalue weighted by Gasteiger charge is -2.22.